The molecule has 3 nitrogen and oxygen atoms in total. The number of nitrogens with one attached hydrogen (secondary N) is 1. The highest BCUT2D eigenvalue weighted by atomic mass is 35.5. The predicted octanol–water partition coefficient (Wildman–Crippen LogP) is 4.11. The maximum atomic E-state index is 9.23. The van der Waals surface area contributed by atoms with Gasteiger partial charge in [0.05, 0.1) is 16.6 Å². The van der Waals surface area contributed by atoms with E-state index in [4.69, 9.17) is 0 Å². The first-order valence-corrected chi connectivity index (χ1v) is 6.35. The van der Waals surface area contributed by atoms with Crippen LogP contribution in [-0.4, -0.2) is 9.97 Å². The van der Waals surface area contributed by atoms with E-state index < -0.39 is 0 Å². The van der Waals surface area contributed by atoms with Crippen molar-refractivity contribution in [2.75, 3.05) is 0 Å². The number of aromatic nitrogens is 2. The zero-order valence-corrected chi connectivity index (χ0v) is 11.5. The van der Waals surface area contributed by atoms with Gasteiger partial charge in [0.2, 0.25) is 0 Å². The summed E-state index contributed by atoms with van der Waals surface area (Å²) in [6.45, 7) is 0. The molecule has 0 radical (unpaired) electrons. The van der Waals surface area contributed by atoms with Crippen molar-refractivity contribution in [2.24, 2.45) is 0 Å². The molecular formula is C14H10ClN3S. The number of aromatic amines is 1. The minimum Gasteiger partial charge on any atom is -0.337 e. The summed E-state index contributed by atoms with van der Waals surface area (Å²) in [6, 6.07) is 13.9. The summed E-state index contributed by atoms with van der Waals surface area (Å²) in [5.41, 5.74) is 2.37. The number of fused-ring (bicyclic) bond motifs is 1. The van der Waals surface area contributed by atoms with Crippen LogP contribution in [0.2, 0.25) is 0 Å². The molecule has 0 saturated heterocycles. The standard InChI is InChI=1S/C14H9N3S.ClH/c15-9-10(8-11-4-3-7-18-11)14-16-12-5-1-2-6-13(12)17-14;/h1-8H,(H,16,17);1H/b10-8-;. The van der Waals surface area contributed by atoms with Gasteiger partial charge in [-0.2, -0.15) is 5.26 Å². The van der Waals surface area contributed by atoms with Gasteiger partial charge >= 0.3 is 0 Å². The number of hydrogen-bond donors (Lipinski definition) is 1. The van der Waals surface area contributed by atoms with Gasteiger partial charge in [0, 0.05) is 4.88 Å². The molecule has 2 aromatic heterocycles. The van der Waals surface area contributed by atoms with Gasteiger partial charge in [0.25, 0.3) is 0 Å². The molecule has 0 bridgehead atoms. The van der Waals surface area contributed by atoms with Gasteiger partial charge < -0.3 is 4.98 Å². The third kappa shape index (κ3) is 2.68. The molecule has 0 amide bonds. The van der Waals surface area contributed by atoms with Crippen LogP contribution in [0.4, 0.5) is 0 Å². The lowest BCUT2D eigenvalue weighted by Gasteiger charge is -1.91. The molecule has 0 aliphatic rings. The fraction of sp³-hybridized carbons (Fsp3) is 0. The highest BCUT2D eigenvalue weighted by Gasteiger charge is 2.07. The van der Waals surface area contributed by atoms with E-state index in [0.717, 1.165) is 15.9 Å². The molecular weight excluding hydrogens is 278 g/mol. The zero-order valence-electron chi connectivity index (χ0n) is 9.83. The van der Waals surface area contributed by atoms with E-state index in [2.05, 4.69) is 16.0 Å². The van der Waals surface area contributed by atoms with Gasteiger partial charge in [0.15, 0.2) is 0 Å². The van der Waals surface area contributed by atoms with Crippen LogP contribution in [0.25, 0.3) is 22.7 Å². The summed E-state index contributed by atoms with van der Waals surface area (Å²) in [7, 11) is 0. The van der Waals surface area contributed by atoms with Gasteiger partial charge in [-0.1, -0.05) is 18.2 Å². The van der Waals surface area contributed by atoms with Crippen molar-refractivity contribution in [2.45, 2.75) is 0 Å². The average molecular weight is 288 g/mol. The number of halogens is 1. The van der Waals surface area contributed by atoms with Gasteiger partial charge in [-0.15, -0.1) is 23.7 Å². The average Bonchev–Trinajstić information content (AvgIpc) is 3.04. The van der Waals surface area contributed by atoms with Crippen molar-refractivity contribution in [3.63, 3.8) is 0 Å². The van der Waals surface area contributed by atoms with Crippen LogP contribution in [0.5, 0.6) is 0 Å². The summed E-state index contributed by atoms with van der Waals surface area (Å²) in [4.78, 5) is 8.63. The van der Waals surface area contributed by atoms with Crippen molar-refractivity contribution in [3.8, 4) is 6.07 Å². The lowest BCUT2D eigenvalue weighted by molar-refractivity contribution is 1.27. The molecule has 1 aromatic carbocycles. The predicted molar refractivity (Wildman–Crippen MR) is 81.1 cm³/mol. The Morgan fingerprint density at radius 3 is 2.79 bits per heavy atom. The monoisotopic (exact) mass is 287 g/mol. The minimum atomic E-state index is 0. The number of allylic oxidation sites excluding steroid dienone is 1. The fourth-order valence-electron chi connectivity index (χ4n) is 1.75. The number of nitriles is 1. The normalized spacial score (nSPS) is 11.0. The quantitative estimate of drug-likeness (QED) is 0.721. The van der Waals surface area contributed by atoms with Crippen molar-refractivity contribution in [3.05, 3.63) is 52.5 Å². The Bertz CT molecular complexity index is 717. The summed E-state index contributed by atoms with van der Waals surface area (Å²) >= 11 is 1.60. The summed E-state index contributed by atoms with van der Waals surface area (Å²) in [6.07, 6.45) is 1.85. The topological polar surface area (TPSA) is 52.5 Å². The number of imidazole rings is 1. The van der Waals surface area contributed by atoms with Crippen LogP contribution < -0.4 is 0 Å². The molecule has 19 heavy (non-hydrogen) atoms. The first-order valence-electron chi connectivity index (χ1n) is 5.47. The van der Waals surface area contributed by atoms with Crippen LogP contribution in [0, 0.1) is 11.3 Å². The highest BCUT2D eigenvalue weighted by molar-refractivity contribution is 7.10. The van der Waals surface area contributed by atoms with Crippen LogP contribution >= 0.6 is 23.7 Å². The second-order valence-electron chi connectivity index (χ2n) is 3.79. The number of nitrogens with zero attached hydrogens (tertiary/aromatic N) is 2. The number of thiophene rings is 1. The van der Waals surface area contributed by atoms with Crippen LogP contribution in [0.15, 0.2) is 41.8 Å². The lowest BCUT2D eigenvalue weighted by Crippen LogP contribution is -1.83. The maximum absolute atomic E-state index is 9.23. The third-order valence-corrected chi connectivity index (χ3v) is 3.41. The molecule has 0 aliphatic carbocycles. The largest absolute Gasteiger partial charge is 0.337 e. The Kier molecular flexibility index (Phi) is 4.00. The van der Waals surface area contributed by atoms with Gasteiger partial charge in [-0.3, -0.25) is 0 Å². The smallest absolute Gasteiger partial charge is 0.149 e. The van der Waals surface area contributed by atoms with Crippen molar-refractivity contribution >= 4 is 46.4 Å². The molecule has 5 heteroatoms. The maximum Gasteiger partial charge on any atom is 0.149 e. The molecule has 0 aliphatic heterocycles. The SMILES string of the molecule is Cl.N#C/C(=C/c1cccs1)c1nc2ccccc2[nH]1. The van der Waals surface area contributed by atoms with Crippen molar-refractivity contribution in [1.29, 1.82) is 5.26 Å². The Labute approximate surface area is 120 Å². The Hall–Kier alpha value is -2.09. The molecule has 3 rings (SSSR count). The van der Waals surface area contributed by atoms with Gasteiger partial charge in [0.1, 0.15) is 11.9 Å². The molecule has 0 unspecified atom stereocenters. The summed E-state index contributed by atoms with van der Waals surface area (Å²) in [5, 5.41) is 11.2. The zero-order chi connectivity index (χ0) is 12.4. The second-order valence-corrected chi connectivity index (χ2v) is 4.77. The molecule has 1 N–H and O–H groups in total. The van der Waals surface area contributed by atoms with Crippen LogP contribution in [0.3, 0.4) is 0 Å². The first kappa shape index (κ1) is 13.3. The number of H-pyrrole nitrogens is 1. The molecule has 94 valence electrons. The van der Waals surface area contributed by atoms with Crippen LogP contribution in [0.1, 0.15) is 10.7 Å². The van der Waals surface area contributed by atoms with Gasteiger partial charge in [-0.05, 0) is 29.7 Å². The van der Waals surface area contributed by atoms with E-state index in [0.29, 0.717) is 11.4 Å². The number of rotatable bonds is 2. The Morgan fingerprint density at radius 2 is 2.11 bits per heavy atom. The summed E-state index contributed by atoms with van der Waals surface area (Å²) in [5.74, 6) is 0.618. The Morgan fingerprint density at radius 1 is 1.26 bits per heavy atom. The molecule has 0 atom stereocenters. The van der Waals surface area contributed by atoms with E-state index >= 15 is 0 Å². The fourth-order valence-corrected chi connectivity index (χ4v) is 2.41. The number of benzene rings is 1. The Balaban J connectivity index is 0.00000133. The van der Waals surface area contributed by atoms with Crippen molar-refractivity contribution < 1.29 is 0 Å². The highest BCUT2D eigenvalue weighted by Crippen LogP contribution is 2.20. The first-order chi connectivity index (χ1) is 8.86. The number of hydrogen-bond acceptors (Lipinski definition) is 3. The van der Waals surface area contributed by atoms with Crippen LogP contribution in [-0.2, 0) is 0 Å². The number of para-hydroxylation sites is 2. The van der Waals surface area contributed by atoms with E-state index in [1.165, 1.54) is 0 Å². The minimum absolute atomic E-state index is 0. The molecule has 0 fully saturated rings. The summed E-state index contributed by atoms with van der Waals surface area (Å²) < 4.78 is 0. The molecule has 0 spiro atoms. The van der Waals surface area contributed by atoms with E-state index in [1.807, 2.05) is 47.9 Å². The van der Waals surface area contributed by atoms with E-state index in [1.54, 1.807) is 11.3 Å². The van der Waals surface area contributed by atoms with E-state index in [9.17, 15) is 5.26 Å². The third-order valence-electron chi connectivity index (χ3n) is 2.59. The van der Waals surface area contributed by atoms with Crippen molar-refractivity contribution in [1.82, 2.24) is 9.97 Å². The van der Waals surface area contributed by atoms with E-state index in [-0.39, 0.29) is 12.4 Å². The molecule has 3 aromatic rings. The lowest BCUT2D eigenvalue weighted by atomic mass is 10.2. The molecule has 2 heterocycles. The van der Waals surface area contributed by atoms with Gasteiger partial charge in [-0.25, -0.2) is 4.98 Å². The second kappa shape index (κ2) is 5.70. The molecule has 0 saturated carbocycles.